The second-order valence-electron chi connectivity index (χ2n) is 24.9. The highest BCUT2D eigenvalue weighted by atomic mass is 19.1. The second kappa shape index (κ2) is 19.8. The van der Waals surface area contributed by atoms with Crippen molar-refractivity contribution in [3.05, 3.63) is 88.0 Å². The molecule has 1 spiro atoms. The van der Waals surface area contributed by atoms with Crippen LogP contribution in [-0.2, 0) is 32.5 Å². The van der Waals surface area contributed by atoms with Crippen molar-refractivity contribution in [3.8, 4) is 29.6 Å². The van der Waals surface area contributed by atoms with Gasteiger partial charge < -0.3 is 24.0 Å². The fourth-order valence-corrected chi connectivity index (χ4v) is 15.0. The smallest absolute Gasteiger partial charge is 0.410 e. The maximum atomic E-state index is 17.5. The number of aromatic nitrogens is 5. The molecule has 1 saturated carbocycles. The number of piperazine rings is 1. The molecule has 4 amide bonds. The first-order valence-corrected chi connectivity index (χ1v) is 28.5. The van der Waals surface area contributed by atoms with Crippen LogP contribution in [0.3, 0.4) is 0 Å². The number of nitrogens with one attached hydrogen (secondary N) is 1. The van der Waals surface area contributed by atoms with Crippen molar-refractivity contribution in [1.29, 1.82) is 0 Å². The van der Waals surface area contributed by atoms with Gasteiger partial charge in [-0.2, -0.15) is 9.97 Å². The minimum absolute atomic E-state index is 0.00386. The summed E-state index contributed by atoms with van der Waals surface area (Å²) in [5.74, 6) is 1.28. The lowest BCUT2D eigenvalue weighted by Crippen LogP contribution is -2.64. The molecule has 1 aliphatic carbocycles. The van der Waals surface area contributed by atoms with E-state index in [1.54, 1.807) is 42.1 Å². The number of rotatable bonds is 11. The summed E-state index contributed by atoms with van der Waals surface area (Å²) in [5, 5.41) is 3.75. The van der Waals surface area contributed by atoms with Gasteiger partial charge >= 0.3 is 23.9 Å². The summed E-state index contributed by atoms with van der Waals surface area (Å²) in [6, 6.07) is 12.9. The molecule has 18 nitrogen and oxygen atoms in total. The fraction of sp³-hybridized carbons (Fsp3) is 0.508. The van der Waals surface area contributed by atoms with E-state index in [0.717, 1.165) is 81.8 Å². The molecule has 1 N–H and O–H groups in total. The first kappa shape index (κ1) is 52.7. The van der Waals surface area contributed by atoms with Crippen LogP contribution in [0, 0.1) is 35.3 Å². The number of hydrogen-bond acceptors (Lipinski definition) is 13. The molecule has 3 aromatic carbocycles. The van der Waals surface area contributed by atoms with Crippen LogP contribution in [0.2, 0.25) is 0 Å². The normalized spacial score (nSPS) is 24.4. The predicted octanol–water partition coefficient (Wildman–Crippen LogP) is 8.18. The third-order valence-electron chi connectivity index (χ3n) is 18.6. The average molecular weight is 1110 g/mol. The Bertz CT molecular complexity index is 3690. The first-order chi connectivity index (χ1) is 38.9. The zero-order valence-electron chi connectivity index (χ0n) is 46.1. The number of imidazole rings is 1. The predicted molar refractivity (Wildman–Crippen MR) is 297 cm³/mol. The number of halogens is 2. The Balaban J connectivity index is 0.670. The number of terminal acetylenes is 1. The molecule has 20 heteroatoms. The van der Waals surface area contributed by atoms with Gasteiger partial charge in [0.25, 0.3) is 0 Å². The van der Waals surface area contributed by atoms with Crippen molar-refractivity contribution < 1.29 is 42.2 Å². The number of anilines is 1. The molecule has 6 saturated heterocycles. The van der Waals surface area contributed by atoms with E-state index < -0.39 is 29.2 Å². The van der Waals surface area contributed by atoms with E-state index in [2.05, 4.69) is 26.0 Å². The maximum Gasteiger partial charge on any atom is 0.410 e. The summed E-state index contributed by atoms with van der Waals surface area (Å²) < 4.78 is 54.3. The van der Waals surface area contributed by atoms with E-state index in [1.807, 2.05) is 48.8 Å². The molecule has 9 heterocycles. The number of benzene rings is 3. The van der Waals surface area contributed by atoms with Crippen LogP contribution in [0.15, 0.2) is 59.5 Å². The van der Waals surface area contributed by atoms with Crippen LogP contribution in [0.25, 0.3) is 44.0 Å². The van der Waals surface area contributed by atoms with Crippen LogP contribution in [-0.4, -0.2) is 138 Å². The Morgan fingerprint density at radius 1 is 0.938 bits per heavy atom. The average Bonchev–Trinajstić information content (AvgIpc) is 4.28. The van der Waals surface area contributed by atoms with E-state index >= 15 is 8.78 Å². The van der Waals surface area contributed by atoms with E-state index in [-0.39, 0.29) is 102 Å². The summed E-state index contributed by atoms with van der Waals surface area (Å²) >= 11 is 0. The number of carbonyl (C=O) groups excluding carboxylic acids is 4. The van der Waals surface area contributed by atoms with Crippen molar-refractivity contribution in [2.75, 3.05) is 50.8 Å². The highest BCUT2D eigenvalue weighted by Crippen LogP contribution is 2.54. The molecule has 0 radical (unpaired) electrons. The van der Waals surface area contributed by atoms with Gasteiger partial charge in [0.1, 0.15) is 47.7 Å². The zero-order chi connectivity index (χ0) is 56.3. The highest BCUT2D eigenvalue weighted by Gasteiger charge is 2.55. The number of para-hydroxylation sites is 1. The molecule has 422 valence electrons. The maximum absolute atomic E-state index is 17.5. The molecule has 7 aliphatic rings. The van der Waals surface area contributed by atoms with Gasteiger partial charge in [-0.05, 0) is 127 Å². The summed E-state index contributed by atoms with van der Waals surface area (Å²) in [5.41, 5.74) is 1.61. The van der Waals surface area contributed by atoms with Gasteiger partial charge in [-0.25, -0.2) is 23.2 Å². The lowest BCUT2D eigenvalue weighted by Gasteiger charge is -2.58. The Hall–Kier alpha value is -7.66. The van der Waals surface area contributed by atoms with Gasteiger partial charge in [-0.15, -0.1) is 6.42 Å². The van der Waals surface area contributed by atoms with Crippen LogP contribution < -0.4 is 20.6 Å². The number of carbonyl (C=O) groups is 4. The third-order valence-corrected chi connectivity index (χ3v) is 18.6. The van der Waals surface area contributed by atoms with Crippen molar-refractivity contribution in [1.82, 2.24) is 44.1 Å². The van der Waals surface area contributed by atoms with Crippen molar-refractivity contribution in [2.24, 2.45) is 18.4 Å². The molecular weight excluding hydrogens is 1040 g/mol. The van der Waals surface area contributed by atoms with Gasteiger partial charge in [0.2, 0.25) is 11.8 Å². The van der Waals surface area contributed by atoms with Crippen LogP contribution >= 0.6 is 0 Å². The number of ether oxygens (including phenoxy) is 3. The summed E-state index contributed by atoms with van der Waals surface area (Å²) in [7, 11) is 1.73. The number of likely N-dealkylation sites (tertiary alicyclic amines) is 1. The molecule has 13 rings (SSSR count). The van der Waals surface area contributed by atoms with Gasteiger partial charge in [0, 0.05) is 68.3 Å². The number of aryl methyl sites for hydroxylation is 2. The van der Waals surface area contributed by atoms with Crippen molar-refractivity contribution >= 4 is 62.5 Å². The second-order valence-corrected chi connectivity index (χ2v) is 24.9. The number of imide groups is 1. The molecule has 6 aliphatic heterocycles. The van der Waals surface area contributed by atoms with Crippen molar-refractivity contribution in [2.45, 2.75) is 133 Å². The molecule has 81 heavy (non-hydrogen) atoms. The summed E-state index contributed by atoms with van der Waals surface area (Å²) in [6.07, 6.45) is 15.9. The Kier molecular flexibility index (Phi) is 12.9. The molecule has 2 bridgehead atoms. The molecule has 5 atom stereocenters. The van der Waals surface area contributed by atoms with E-state index in [4.69, 9.17) is 30.6 Å². The number of hydrogen-bond donors (Lipinski definition) is 1. The quantitative estimate of drug-likeness (QED) is 0.0968. The molecule has 3 aromatic heterocycles. The Morgan fingerprint density at radius 2 is 1.72 bits per heavy atom. The number of fused-ring (bicyclic) bond motifs is 6. The minimum Gasteiger partial charge on any atom is -0.461 e. The zero-order valence-corrected chi connectivity index (χ0v) is 46.1. The minimum atomic E-state index is -0.731. The van der Waals surface area contributed by atoms with Gasteiger partial charge in [0.05, 0.1) is 39.6 Å². The molecule has 3 unspecified atom stereocenters. The Morgan fingerprint density at radius 3 is 2.47 bits per heavy atom. The topological polar surface area (TPSA) is 187 Å². The third kappa shape index (κ3) is 9.10. The van der Waals surface area contributed by atoms with Gasteiger partial charge in [-0.3, -0.25) is 38.8 Å². The number of pyridine rings is 1. The summed E-state index contributed by atoms with van der Waals surface area (Å²) in [4.78, 5) is 87.7. The van der Waals surface area contributed by atoms with E-state index in [1.165, 1.54) is 10.6 Å². The highest BCUT2D eigenvalue weighted by molar-refractivity contribution is 6.02. The van der Waals surface area contributed by atoms with Gasteiger partial charge in [-0.1, -0.05) is 42.3 Å². The van der Waals surface area contributed by atoms with Crippen LogP contribution in [0.1, 0.15) is 109 Å². The Labute approximate surface area is 467 Å². The fourth-order valence-electron chi connectivity index (χ4n) is 15.0. The SMILES string of the molecule is C#Cc1c(F)ccc2cccc(-c3ncc4c(N5CC6CCC(C5)N6C(=O)OC(C)(C)C)nc(OC[C@@]56CCCN5[C@H](COC(=O)N5CC7(CC(CCc8cccc9c8n(C)c(=O)n9C8CCC(=O)NC8=O)C7)C5)CC6)nc4c3F)c12. The lowest BCUT2D eigenvalue weighted by atomic mass is 9.57. The lowest BCUT2D eigenvalue weighted by molar-refractivity contribution is -0.135. The van der Waals surface area contributed by atoms with Gasteiger partial charge in [0.15, 0.2) is 5.82 Å². The molecule has 6 aromatic rings. The van der Waals surface area contributed by atoms with E-state index in [9.17, 15) is 24.0 Å². The first-order valence-electron chi connectivity index (χ1n) is 28.5. The molecule has 7 fully saturated rings. The van der Waals surface area contributed by atoms with Crippen LogP contribution in [0.5, 0.6) is 6.01 Å². The number of nitrogens with zero attached hydrogens (tertiary/aromatic N) is 9. The van der Waals surface area contributed by atoms with Crippen LogP contribution in [0.4, 0.5) is 24.2 Å². The molecular formula is C61H66F2N10O8. The number of piperidine rings is 1. The van der Waals surface area contributed by atoms with Crippen molar-refractivity contribution in [3.63, 3.8) is 0 Å². The number of amides is 4. The standard InChI is InChI=1S/C61H66F2N10O8/c1-6-41-44(62)19-16-36-10-7-12-42(48(36)41)50-49(63)51-43(28-64-50)53(69-29-38-17-18-39(30-69)72(38)58(78)81-59(2,3)4)67-55(66-51)80-34-61-23-9-25-71(61)40(22-24-61)31-79-57(77)70-32-60(33-70)26-35(27-60)14-15-37-11-8-13-45-52(37)68(5)56(76)73(45)46-20-21-47(74)65-54(46)75/h1,7-8,10-13,16,19,28,35,38-40,46H,9,14-15,17-18,20-27,29-34H2,2-5H3,(H,65,74,75)/t38?,39?,40-,46?,61-/m0/s1. The largest absolute Gasteiger partial charge is 0.461 e. The summed E-state index contributed by atoms with van der Waals surface area (Å²) in [6.45, 7) is 9.00. The monoisotopic (exact) mass is 1100 g/mol. The van der Waals surface area contributed by atoms with E-state index in [0.29, 0.717) is 65.2 Å².